The van der Waals surface area contributed by atoms with E-state index in [2.05, 4.69) is 21.2 Å². The highest BCUT2D eigenvalue weighted by Crippen LogP contribution is 2.28. The van der Waals surface area contributed by atoms with Gasteiger partial charge in [0.2, 0.25) is 15.9 Å². The van der Waals surface area contributed by atoms with Crippen LogP contribution in [0.15, 0.2) is 51.8 Å². The molecule has 0 atom stereocenters. The van der Waals surface area contributed by atoms with E-state index < -0.39 is 10.0 Å². The summed E-state index contributed by atoms with van der Waals surface area (Å²) in [5.41, 5.74) is 2.04. The Morgan fingerprint density at radius 2 is 1.77 bits per heavy atom. The van der Waals surface area contributed by atoms with Crippen LogP contribution in [0.4, 0.5) is 11.4 Å². The number of rotatable bonds is 6. The average molecular weight is 440 g/mol. The summed E-state index contributed by atoms with van der Waals surface area (Å²) in [6, 6.07) is 12.2. The molecular formula is C18H22BrN3O3S. The molecule has 0 saturated carbocycles. The van der Waals surface area contributed by atoms with Crippen LogP contribution in [0.2, 0.25) is 0 Å². The Bertz CT molecular complexity index is 912. The molecule has 0 aliphatic heterocycles. The predicted octanol–water partition coefficient (Wildman–Crippen LogP) is 2.95. The lowest BCUT2D eigenvalue weighted by Crippen LogP contribution is -2.23. The van der Waals surface area contributed by atoms with Crippen LogP contribution in [0.5, 0.6) is 0 Å². The molecule has 8 heteroatoms. The van der Waals surface area contributed by atoms with Crippen molar-refractivity contribution in [2.24, 2.45) is 0 Å². The zero-order valence-corrected chi connectivity index (χ0v) is 17.6. The third kappa shape index (κ3) is 4.84. The van der Waals surface area contributed by atoms with Crippen molar-refractivity contribution >= 4 is 43.2 Å². The topological polar surface area (TPSA) is 69.7 Å². The lowest BCUT2D eigenvalue weighted by molar-refractivity contribution is -0.115. The number of anilines is 2. The fourth-order valence-corrected chi connectivity index (χ4v) is 3.78. The van der Waals surface area contributed by atoms with Gasteiger partial charge in [-0.3, -0.25) is 4.79 Å². The van der Waals surface area contributed by atoms with Gasteiger partial charge in [-0.25, -0.2) is 12.7 Å². The zero-order chi connectivity index (χ0) is 19.5. The Kier molecular flexibility index (Phi) is 6.44. The van der Waals surface area contributed by atoms with Gasteiger partial charge in [0.05, 0.1) is 22.7 Å². The second kappa shape index (κ2) is 8.20. The molecule has 0 bridgehead atoms. The summed E-state index contributed by atoms with van der Waals surface area (Å²) < 4.78 is 26.8. The van der Waals surface area contributed by atoms with Gasteiger partial charge in [0, 0.05) is 32.7 Å². The number of hydrogen-bond acceptors (Lipinski definition) is 4. The Morgan fingerprint density at radius 3 is 2.35 bits per heavy atom. The van der Waals surface area contributed by atoms with Gasteiger partial charge >= 0.3 is 0 Å². The number of carbonyl (C=O) groups is 1. The quantitative estimate of drug-likeness (QED) is 0.750. The van der Waals surface area contributed by atoms with Crippen LogP contribution in [0.1, 0.15) is 5.56 Å². The molecule has 1 N–H and O–H groups in total. The summed E-state index contributed by atoms with van der Waals surface area (Å²) in [7, 11) is 3.03. The molecule has 0 heterocycles. The predicted molar refractivity (Wildman–Crippen MR) is 108 cm³/mol. The SMILES string of the molecule is CN(C)c1ccc(S(=O)(=O)N(C)C)cc1NC(=O)Cc1cccc(Br)c1. The van der Waals surface area contributed by atoms with E-state index in [4.69, 9.17) is 0 Å². The van der Waals surface area contributed by atoms with E-state index in [1.165, 1.54) is 26.2 Å². The molecule has 0 aromatic heterocycles. The van der Waals surface area contributed by atoms with E-state index in [0.29, 0.717) is 5.69 Å². The third-order valence-electron chi connectivity index (χ3n) is 3.76. The summed E-state index contributed by atoms with van der Waals surface area (Å²) >= 11 is 3.38. The number of carbonyl (C=O) groups excluding carboxylic acids is 1. The first-order chi connectivity index (χ1) is 12.1. The lowest BCUT2D eigenvalue weighted by atomic mass is 10.1. The van der Waals surface area contributed by atoms with Crippen LogP contribution < -0.4 is 10.2 Å². The second-order valence-electron chi connectivity index (χ2n) is 6.22. The molecule has 2 aromatic rings. The maximum absolute atomic E-state index is 12.5. The van der Waals surface area contributed by atoms with E-state index in [9.17, 15) is 13.2 Å². The fraction of sp³-hybridized carbons (Fsp3) is 0.278. The number of sulfonamides is 1. The number of hydrogen-bond donors (Lipinski definition) is 1. The Hall–Kier alpha value is -1.90. The van der Waals surface area contributed by atoms with Crippen LogP contribution in [-0.4, -0.2) is 46.8 Å². The molecule has 1 amide bonds. The summed E-state index contributed by atoms with van der Waals surface area (Å²) in [5, 5.41) is 2.83. The van der Waals surface area contributed by atoms with Gasteiger partial charge in [-0.1, -0.05) is 28.1 Å². The van der Waals surface area contributed by atoms with E-state index in [1.54, 1.807) is 6.07 Å². The summed E-state index contributed by atoms with van der Waals surface area (Å²) in [6.07, 6.45) is 0.191. The van der Waals surface area contributed by atoms with Gasteiger partial charge in [0.25, 0.3) is 0 Å². The number of benzene rings is 2. The molecule has 0 fully saturated rings. The largest absolute Gasteiger partial charge is 0.376 e. The van der Waals surface area contributed by atoms with Crippen LogP contribution >= 0.6 is 15.9 Å². The molecular weight excluding hydrogens is 418 g/mol. The van der Waals surface area contributed by atoms with Gasteiger partial charge in [-0.2, -0.15) is 0 Å². The van der Waals surface area contributed by atoms with Crippen LogP contribution in [0.3, 0.4) is 0 Å². The normalized spacial score (nSPS) is 11.5. The summed E-state index contributed by atoms with van der Waals surface area (Å²) in [4.78, 5) is 14.4. The summed E-state index contributed by atoms with van der Waals surface area (Å²) in [5.74, 6) is -0.217. The maximum atomic E-state index is 12.5. The average Bonchev–Trinajstić information content (AvgIpc) is 2.54. The Morgan fingerprint density at radius 1 is 1.08 bits per heavy atom. The van der Waals surface area contributed by atoms with Crippen molar-refractivity contribution in [1.29, 1.82) is 0 Å². The molecule has 2 aromatic carbocycles. The molecule has 0 unspecified atom stereocenters. The van der Waals surface area contributed by atoms with Gasteiger partial charge in [-0.05, 0) is 35.9 Å². The van der Waals surface area contributed by atoms with E-state index in [0.717, 1.165) is 20.0 Å². The Balaban J connectivity index is 2.32. The van der Waals surface area contributed by atoms with Crippen molar-refractivity contribution in [3.8, 4) is 0 Å². The molecule has 140 valence electrons. The minimum Gasteiger partial charge on any atom is -0.376 e. The van der Waals surface area contributed by atoms with Gasteiger partial charge < -0.3 is 10.2 Å². The highest BCUT2D eigenvalue weighted by atomic mass is 79.9. The lowest BCUT2D eigenvalue weighted by Gasteiger charge is -2.20. The number of halogens is 1. The smallest absolute Gasteiger partial charge is 0.242 e. The maximum Gasteiger partial charge on any atom is 0.242 e. The third-order valence-corrected chi connectivity index (χ3v) is 6.06. The molecule has 26 heavy (non-hydrogen) atoms. The summed E-state index contributed by atoms with van der Waals surface area (Å²) in [6.45, 7) is 0. The second-order valence-corrected chi connectivity index (χ2v) is 9.28. The molecule has 0 aliphatic rings. The van der Waals surface area contributed by atoms with E-state index in [-0.39, 0.29) is 17.2 Å². The number of amides is 1. The fourth-order valence-electron chi connectivity index (χ4n) is 2.40. The first-order valence-electron chi connectivity index (χ1n) is 7.89. The van der Waals surface area contributed by atoms with Crippen molar-refractivity contribution in [3.05, 3.63) is 52.5 Å². The first-order valence-corrected chi connectivity index (χ1v) is 10.1. The molecule has 0 radical (unpaired) electrons. The van der Waals surface area contributed by atoms with E-state index >= 15 is 0 Å². The van der Waals surface area contributed by atoms with Crippen molar-refractivity contribution in [2.75, 3.05) is 38.4 Å². The van der Waals surface area contributed by atoms with Crippen LogP contribution in [0, 0.1) is 0 Å². The van der Waals surface area contributed by atoms with Gasteiger partial charge in [-0.15, -0.1) is 0 Å². The molecule has 0 saturated heterocycles. The van der Waals surface area contributed by atoms with Crippen LogP contribution in [-0.2, 0) is 21.2 Å². The minimum absolute atomic E-state index is 0.130. The molecule has 0 spiro atoms. The molecule has 2 rings (SSSR count). The highest BCUT2D eigenvalue weighted by Gasteiger charge is 2.20. The monoisotopic (exact) mass is 439 g/mol. The standard InChI is InChI=1S/C18H22BrN3O3S/c1-21(2)17-9-8-15(26(24,25)22(3)4)12-16(17)20-18(23)11-13-6-5-7-14(19)10-13/h5-10,12H,11H2,1-4H3,(H,20,23). The van der Waals surface area contributed by atoms with Crippen molar-refractivity contribution < 1.29 is 13.2 Å². The van der Waals surface area contributed by atoms with Crippen LogP contribution in [0.25, 0.3) is 0 Å². The van der Waals surface area contributed by atoms with Crippen molar-refractivity contribution in [2.45, 2.75) is 11.3 Å². The van der Waals surface area contributed by atoms with Crippen molar-refractivity contribution in [3.63, 3.8) is 0 Å². The Labute approximate surface area is 163 Å². The first kappa shape index (κ1) is 20.4. The van der Waals surface area contributed by atoms with Gasteiger partial charge in [0.15, 0.2) is 0 Å². The zero-order valence-electron chi connectivity index (χ0n) is 15.2. The number of nitrogens with one attached hydrogen (secondary N) is 1. The molecule has 6 nitrogen and oxygen atoms in total. The van der Waals surface area contributed by atoms with Gasteiger partial charge in [0.1, 0.15) is 0 Å². The molecule has 0 aliphatic carbocycles. The number of nitrogens with zero attached hydrogens (tertiary/aromatic N) is 2. The minimum atomic E-state index is -3.58. The van der Waals surface area contributed by atoms with E-state index in [1.807, 2.05) is 43.3 Å². The van der Waals surface area contributed by atoms with Crippen molar-refractivity contribution in [1.82, 2.24) is 4.31 Å². The highest BCUT2D eigenvalue weighted by molar-refractivity contribution is 9.10.